The van der Waals surface area contributed by atoms with Crippen molar-refractivity contribution in [3.63, 3.8) is 0 Å². The van der Waals surface area contributed by atoms with Gasteiger partial charge >= 0.3 is 0 Å². The molecule has 1 aliphatic rings. The van der Waals surface area contributed by atoms with Crippen molar-refractivity contribution in [1.29, 1.82) is 0 Å². The number of rotatable bonds is 4. The fourth-order valence-corrected chi connectivity index (χ4v) is 1.90. The molecule has 0 aliphatic carbocycles. The van der Waals surface area contributed by atoms with Crippen LogP contribution in [0.3, 0.4) is 0 Å². The zero-order valence-electron chi connectivity index (χ0n) is 7.87. The molecular formula is C9H20N2O. The summed E-state index contributed by atoms with van der Waals surface area (Å²) in [6.07, 6.45) is 3.95. The highest BCUT2D eigenvalue weighted by atomic mass is 16.3. The third-order valence-electron chi connectivity index (χ3n) is 2.72. The first kappa shape index (κ1) is 9.96. The van der Waals surface area contributed by atoms with E-state index < -0.39 is 0 Å². The first-order valence-electron chi connectivity index (χ1n) is 4.82. The van der Waals surface area contributed by atoms with E-state index in [0.29, 0.717) is 12.6 Å². The largest absolute Gasteiger partial charge is 0.393 e. The molecule has 72 valence electrons. The van der Waals surface area contributed by atoms with E-state index in [-0.39, 0.29) is 6.10 Å². The van der Waals surface area contributed by atoms with Crippen molar-refractivity contribution in [2.75, 3.05) is 20.1 Å². The van der Waals surface area contributed by atoms with Crippen molar-refractivity contribution in [3.8, 4) is 0 Å². The van der Waals surface area contributed by atoms with Crippen molar-refractivity contribution >= 4 is 0 Å². The predicted molar refractivity (Wildman–Crippen MR) is 49.9 cm³/mol. The normalized spacial score (nSPS) is 27.8. The molecule has 0 aromatic rings. The summed E-state index contributed by atoms with van der Waals surface area (Å²) in [5.41, 5.74) is 5.36. The van der Waals surface area contributed by atoms with Crippen LogP contribution in [0, 0.1) is 0 Å². The summed E-state index contributed by atoms with van der Waals surface area (Å²) >= 11 is 0. The average molecular weight is 172 g/mol. The van der Waals surface area contributed by atoms with Gasteiger partial charge in [-0.05, 0) is 45.8 Å². The molecule has 1 saturated heterocycles. The molecule has 3 nitrogen and oxygen atoms in total. The van der Waals surface area contributed by atoms with Gasteiger partial charge in [-0.15, -0.1) is 0 Å². The molecule has 1 unspecified atom stereocenters. The summed E-state index contributed by atoms with van der Waals surface area (Å²) in [5, 5.41) is 9.52. The van der Waals surface area contributed by atoms with Gasteiger partial charge in [0, 0.05) is 6.04 Å². The van der Waals surface area contributed by atoms with E-state index in [1.807, 2.05) is 0 Å². The molecule has 1 heterocycles. The maximum atomic E-state index is 9.52. The summed E-state index contributed by atoms with van der Waals surface area (Å²) in [6, 6.07) is 0.589. The molecule has 0 bridgehead atoms. The van der Waals surface area contributed by atoms with Gasteiger partial charge in [0.1, 0.15) is 0 Å². The van der Waals surface area contributed by atoms with Gasteiger partial charge in [0.05, 0.1) is 6.10 Å². The van der Waals surface area contributed by atoms with Gasteiger partial charge in [0.25, 0.3) is 0 Å². The molecule has 3 N–H and O–H groups in total. The highest BCUT2D eigenvalue weighted by Crippen LogP contribution is 2.19. The molecule has 0 aromatic carbocycles. The monoisotopic (exact) mass is 172 g/mol. The first-order valence-corrected chi connectivity index (χ1v) is 4.82. The van der Waals surface area contributed by atoms with Crippen molar-refractivity contribution in [3.05, 3.63) is 0 Å². The van der Waals surface area contributed by atoms with Gasteiger partial charge < -0.3 is 15.7 Å². The Hall–Kier alpha value is -0.120. The Kier molecular flexibility index (Phi) is 3.98. The van der Waals surface area contributed by atoms with Crippen LogP contribution < -0.4 is 5.73 Å². The van der Waals surface area contributed by atoms with E-state index in [1.165, 1.54) is 19.4 Å². The molecule has 12 heavy (non-hydrogen) atoms. The lowest BCUT2D eigenvalue weighted by Crippen LogP contribution is -2.29. The third kappa shape index (κ3) is 2.73. The quantitative estimate of drug-likeness (QED) is 0.636. The van der Waals surface area contributed by atoms with Gasteiger partial charge in [-0.1, -0.05) is 0 Å². The first-order chi connectivity index (χ1) is 5.74. The Bertz CT molecular complexity index is 130. The van der Waals surface area contributed by atoms with Crippen LogP contribution in [-0.4, -0.2) is 42.3 Å². The van der Waals surface area contributed by atoms with Crippen molar-refractivity contribution in [2.24, 2.45) is 5.73 Å². The zero-order chi connectivity index (χ0) is 8.97. The van der Waals surface area contributed by atoms with Crippen molar-refractivity contribution in [1.82, 2.24) is 4.90 Å². The van der Waals surface area contributed by atoms with E-state index in [1.54, 1.807) is 0 Å². The summed E-state index contributed by atoms with van der Waals surface area (Å²) in [6.45, 7) is 1.78. The van der Waals surface area contributed by atoms with Crippen molar-refractivity contribution < 1.29 is 5.11 Å². The number of nitrogens with two attached hydrogens (primary N) is 1. The Morgan fingerprint density at radius 1 is 1.67 bits per heavy atom. The van der Waals surface area contributed by atoms with Gasteiger partial charge in [-0.3, -0.25) is 0 Å². The van der Waals surface area contributed by atoms with Crippen LogP contribution in [0.2, 0.25) is 0 Å². The number of hydrogen-bond acceptors (Lipinski definition) is 3. The summed E-state index contributed by atoms with van der Waals surface area (Å²) in [4.78, 5) is 2.33. The van der Waals surface area contributed by atoms with Gasteiger partial charge in [-0.25, -0.2) is 0 Å². The number of hydrogen-bond donors (Lipinski definition) is 2. The van der Waals surface area contributed by atoms with Crippen LogP contribution in [-0.2, 0) is 0 Å². The van der Waals surface area contributed by atoms with E-state index in [9.17, 15) is 5.11 Å². The minimum absolute atomic E-state index is 0.194. The second-order valence-corrected chi connectivity index (χ2v) is 3.74. The molecule has 0 amide bonds. The van der Waals surface area contributed by atoms with Crippen LogP contribution in [0.5, 0.6) is 0 Å². The molecular weight excluding hydrogens is 152 g/mol. The summed E-state index contributed by atoms with van der Waals surface area (Å²) in [5.74, 6) is 0. The molecule has 2 atom stereocenters. The second kappa shape index (κ2) is 4.80. The summed E-state index contributed by atoms with van der Waals surface area (Å²) in [7, 11) is 2.13. The lowest BCUT2D eigenvalue weighted by Gasteiger charge is -2.21. The van der Waals surface area contributed by atoms with Crippen molar-refractivity contribution in [2.45, 2.75) is 37.8 Å². The Morgan fingerprint density at radius 3 is 2.92 bits per heavy atom. The zero-order valence-corrected chi connectivity index (χ0v) is 7.87. The molecule has 3 heteroatoms. The molecule has 0 radical (unpaired) electrons. The fourth-order valence-electron chi connectivity index (χ4n) is 1.90. The standard InChI is InChI=1S/C9H20N2O/c1-11-6-2-3-8(11)7-9(12)4-5-10/h8-9,12H,2-7,10H2,1H3/t8?,9-/m1/s1. The maximum absolute atomic E-state index is 9.52. The second-order valence-electron chi connectivity index (χ2n) is 3.74. The molecule has 0 spiro atoms. The van der Waals surface area contributed by atoms with E-state index in [2.05, 4.69) is 11.9 Å². The maximum Gasteiger partial charge on any atom is 0.0567 e. The number of likely N-dealkylation sites (tertiary alicyclic amines) is 1. The number of aliphatic hydroxyl groups is 1. The number of aliphatic hydroxyl groups excluding tert-OH is 1. The number of nitrogens with zero attached hydrogens (tertiary/aromatic N) is 1. The van der Waals surface area contributed by atoms with Crippen LogP contribution in [0.15, 0.2) is 0 Å². The highest BCUT2D eigenvalue weighted by Gasteiger charge is 2.22. The lowest BCUT2D eigenvalue weighted by atomic mass is 10.1. The van der Waals surface area contributed by atoms with Gasteiger partial charge in [0.15, 0.2) is 0 Å². The fraction of sp³-hybridized carbons (Fsp3) is 1.00. The third-order valence-corrected chi connectivity index (χ3v) is 2.72. The Labute approximate surface area is 74.5 Å². The molecule has 1 rings (SSSR count). The minimum Gasteiger partial charge on any atom is -0.393 e. The van der Waals surface area contributed by atoms with Crippen LogP contribution in [0.1, 0.15) is 25.7 Å². The topological polar surface area (TPSA) is 49.5 Å². The lowest BCUT2D eigenvalue weighted by molar-refractivity contribution is 0.123. The van der Waals surface area contributed by atoms with Gasteiger partial charge in [0.2, 0.25) is 0 Å². The van der Waals surface area contributed by atoms with E-state index >= 15 is 0 Å². The summed E-state index contributed by atoms with van der Waals surface area (Å²) < 4.78 is 0. The van der Waals surface area contributed by atoms with E-state index in [4.69, 9.17) is 5.73 Å². The van der Waals surface area contributed by atoms with Crippen LogP contribution in [0.4, 0.5) is 0 Å². The van der Waals surface area contributed by atoms with E-state index in [0.717, 1.165) is 12.8 Å². The Morgan fingerprint density at radius 2 is 2.42 bits per heavy atom. The molecule has 0 saturated carbocycles. The van der Waals surface area contributed by atoms with Gasteiger partial charge in [-0.2, -0.15) is 0 Å². The Balaban J connectivity index is 2.20. The minimum atomic E-state index is -0.194. The SMILES string of the molecule is CN1CCCC1C[C@H](O)CCN. The smallest absolute Gasteiger partial charge is 0.0567 e. The highest BCUT2D eigenvalue weighted by molar-refractivity contribution is 4.78. The molecule has 1 fully saturated rings. The van der Waals surface area contributed by atoms with Crippen LogP contribution >= 0.6 is 0 Å². The van der Waals surface area contributed by atoms with Crippen LogP contribution in [0.25, 0.3) is 0 Å². The average Bonchev–Trinajstić information content (AvgIpc) is 2.37. The predicted octanol–water partition coefficient (Wildman–Crippen LogP) is 0.180. The molecule has 1 aliphatic heterocycles. The molecule has 0 aromatic heterocycles.